The summed E-state index contributed by atoms with van der Waals surface area (Å²) in [4.78, 5) is 0. The Morgan fingerprint density at radius 2 is 2.00 bits per heavy atom. The van der Waals surface area contributed by atoms with Gasteiger partial charge in [0, 0.05) is 6.04 Å². The molecule has 2 N–H and O–H groups in total. The molecule has 1 aromatic rings. The standard InChI is InChI=1S/C14H19N/c15-14(13-9-5-2-6-10-13)11-12-7-3-1-4-8-12/h1-3,5-6,9-10,12,14H,4,7-8,11,15H2. The van der Waals surface area contributed by atoms with E-state index in [1.165, 1.54) is 24.8 Å². The van der Waals surface area contributed by atoms with Gasteiger partial charge < -0.3 is 5.73 Å². The van der Waals surface area contributed by atoms with E-state index in [0.717, 1.165) is 12.3 Å². The van der Waals surface area contributed by atoms with E-state index in [9.17, 15) is 0 Å². The van der Waals surface area contributed by atoms with E-state index in [0.29, 0.717) is 0 Å². The molecule has 1 heteroatoms. The van der Waals surface area contributed by atoms with Crippen molar-refractivity contribution in [1.29, 1.82) is 0 Å². The lowest BCUT2D eigenvalue weighted by Gasteiger charge is -2.21. The maximum Gasteiger partial charge on any atom is 0.0297 e. The van der Waals surface area contributed by atoms with Crippen molar-refractivity contribution in [3.05, 3.63) is 48.0 Å². The van der Waals surface area contributed by atoms with Crippen molar-refractivity contribution in [2.45, 2.75) is 31.7 Å². The van der Waals surface area contributed by atoms with Gasteiger partial charge in [-0.3, -0.25) is 0 Å². The highest BCUT2D eigenvalue weighted by Gasteiger charge is 2.14. The first-order valence-electron chi connectivity index (χ1n) is 5.82. The van der Waals surface area contributed by atoms with Crippen LogP contribution in [0.2, 0.25) is 0 Å². The Labute approximate surface area is 92.0 Å². The minimum absolute atomic E-state index is 0.211. The van der Waals surface area contributed by atoms with Crippen LogP contribution in [0, 0.1) is 5.92 Å². The third kappa shape index (κ3) is 2.93. The number of nitrogens with two attached hydrogens (primary N) is 1. The fraction of sp³-hybridized carbons (Fsp3) is 0.429. The monoisotopic (exact) mass is 201 g/mol. The number of benzene rings is 1. The Morgan fingerprint density at radius 3 is 2.67 bits per heavy atom. The van der Waals surface area contributed by atoms with Crippen molar-refractivity contribution < 1.29 is 0 Å². The van der Waals surface area contributed by atoms with E-state index in [2.05, 4.69) is 36.4 Å². The van der Waals surface area contributed by atoms with Gasteiger partial charge in [0.05, 0.1) is 0 Å². The molecule has 2 atom stereocenters. The second-order valence-electron chi connectivity index (χ2n) is 4.40. The Hall–Kier alpha value is -1.08. The number of hydrogen-bond donors (Lipinski definition) is 1. The van der Waals surface area contributed by atoms with Gasteiger partial charge >= 0.3 is 0 Å². The summed E-state index contributed by atoms with van der Waals surface area (Å²) in [7, 11) is 0. The molecule has 0 fully saturated rings. The molecule has 15 heavy (non-hydrogen) atoms. The first-order valence-corrected chi connectivity index (χ1v) is 5.82. The molecule has 2 unspecified atom stereocenters. The van der Waals surface area contributed by atoms with Crippen molar-refractivity contribution in [2.75, 3.05) is 0 Å². The fourth-order valence-electron chi connectivity index (χ4n) is 2.27. The van der Waals surface area contributed by atoms with Crippen molar-refractivity contribution >= 4 is 0 Å². The first-order chi connectivity index (χ1) is 7.36. The van der Waals surface area contributed by atoms with Crippen LogP contribution in [0.3, 0.4) is 0 Å². The van der Waals surface area contributed by atoms with E-state index >= 15 is 0 Å². The molecule has 0 radical (unpaired) electrons. The predicted molar refractivity (Wildman–Crippen MR) is 64.5 cm³/mol. The van der Waals surface area contributed by atoms with Gasteiger partial charge in [-0.05, 0) is 37.2 Å². The Morgan fingerprint density at radius 1 is 1.20 bits per heavy atom. The van der Waals surface area contributed by atoms with Crippen LogP contribution >= 0.6 is 0 Å². The molecular weight excluding hydrogens is 182 g/mol. The zero-order valence-corrected chi connectivity index (χ0v) is 9.10. The third-order valence-corrected chi connectivity index (χ3v) is 3.19. The van der Waals surface area contributed by atoms with Crippen molar-refractivity contribution in [1.82, 2.24) is 0 Å². The molecule has 1 aliphatic rings. The molecule has 0 saturated carbocycles. The van der Waals surface area contributed by atoms with E-state index in [4.69, 9.17) is 5.73 Å². The lowest BCUT2D eigenvalue weighted by Crippen LogP contribution is -2.16. The van der Waals surface area contributed by atoms with Gasteiger partial charge in [-0.25, -0.2) is 0 Å². The molecule has 2 rings (SSSR count). The average molecular weight is 201 g/mol. The van der Waals surface area contributed by atoms with Crippen LogP contribution in [-0.2, 0) is 0 Å². The van der Waals surface area contributed by atoms with Crippen molar-refractivity contribution in [2.24, 2.45) is 11.7 Å². The number of allylic oxidation sites excluding steroid dienone is 2. The molecule has 0 heterocycles. The minimum atomic E-state index is 0.211. The summed E-state index contributed by atoms with van der Waals surface area (Å²) in [6.07, 6.45) is 9.44. The summed E-state index contributed by atoms with van der Waals surface area (Å²) in [5.41, 5.74) is 7.47. The Balaban J connectivity index is 1.92. The highest BCUT2D eigenvalue weighted by atomic mass is 14.6. The van der Waals surface area contributed by atoms with Gasteiger partial charge in [-0.2, -0.15) is 0 Å². The van der Waals surface area contributed by atoms with Gasteiger partial charge in [-0.15, -0.1) is 0 Å². The molecule has 0 saturated heterocycles. The van der Waals surface area contributed by atoms with Crippen LogP contribution in [0.25, 0.3) is 0 Å². The van der Waals surface area contributed by atoms with Crippen LogP contribution in [0.1, 0.15) is 37.3 Å². The SMILES string of the molecule is NC(CC1CC=CCC1)c1ccccc1. The van der Waals surface area contributed by atoms with Gasteiger partial charge in [0.1, 0.15) is 0 Å². The third-order valence-electron chi connectivity index (χ3n) is 3.19. The largest absolute Gasteiger partial charge is 0.324 e. The second-order valence-corrected chi connectivity index (χ2v) is 4.40. The Kier molecular flexibility index (Phi) is 3.57. The highest BCUT2D eigenvalue weighted by Crippen LogP contribution is 2.27. The average Bonchev–Trinajstić information content (AvgIpc) is 2.31. The summed E-state index contributed by atoms with van der Waals surface area (Å²) in [5, 5.41) is 0. The molecule has 0 bridgehead atoms. The molecule has 1 nitrogen and oxygen atoms in total. The summed E-state index contributed by atoms with van der Waals surface area (Å²) in [5.74, 6) is 0.783. The molecule has 1 aliphatic carbocycles. The van der Waals surface area contributed by atoms with Crippen molar-refractivity contribution in [3.63, 3.8) is 0 Å². The van der Waals surface area contributed by atoms with E-state index in [-0.39, 0.29) is 6.04 Å². The molecule has 0 amide bonds. The van der Waals surface area contributed by atoms with Crippen LogP contribution in [0.15, 0.2) is 42.5 Å². The highest BCUT2D eigenvalue weighted by molar-refractivity contribution is 5.18. The smallest absolute Gasteiger partial charge is 0.0297 e. The quantitative estimate of drug-likeness (QED) is 0.745. The summed E-state index contributed by atoms with van der Waals surface area (Å²) in [6, 6.07) is 10.6. The summed E-state index contributed by atoms with van der Waals surface area (Å²) < 4.78 is 0. The zero-order chi connectivity index (χ0) is 10.5. The van der Waals surface area contributed by atoms with Crippen LogP contribution in [0.4, 0.5) is 0 Å². The fourth-order valence-corrected chi connectivity index (χ4v) is 2.27. The first kappa shape index (κ1) is 10.4. The Bertz CT molecular complexity index is 315. The van der Waals surface area contributed by atoms with Crippen LogP contribution in [-0.4, -0.2) is 0 Å². The minimum Gasteiger partial charge on any atom is -0.324 e. The second kappa shape index (κ2) is 5.13. The molecule has 0 aromatic heterocycles. The summed E-state index contributed by atoms with van der Waals surface area (Å²) in [6.45, 7) is 0. The molecule has 0 spiro atoms. The van der Waals surface area contributed by atoms with E-state index in [1.807, 2.05) is 6.07 Å². The van der Waals surface area contributed by atoms with Gasteiger partial charge in [0.2, 0.25) is 0 Å². The lowest BCUT2D eigenvalue weighted by molar-refractivity contribution is 0.407. The van der Waals surface area contributed by atoms with Gasteiger partial charge in [0.25, 0.3) is 0 Å². The maximum absolute atomic E-state index is 6.20. The van der Waals surface area contributed by atoms with Gasteiger partial charge in [0.15, 0.2) is 0 Å². The summed E-state index contributed by atoms with van der Waals surface area (Å²) >= 11 is 0. The van der Waals surface area contributed by atoms with Crippen LogP contribution < -0.4 is 5.73 Å². The predicted octanol–water partition coefficient (Wildman–Crippen LogP) is 3.43. The molecule has 80 valence electrons. The topological polar surface area (TPSA) is 26.0 Å². The van der Waals surface area contributed by atoms with Gasteiger partial charge in [-0.1, -0.05) is 42.5 Å². The molecule has 0 aliphatic heterocycles. The van der Waals surface area contributed by atoms with E-state index in [1.54, 1.807) is 0 Å². The zero-order valence-electron chi connectivity index (χ0n) is 9.10. The van der Waals surface area contributed by atoms with Crippen molar-refractivity contribution in [3.8, 4) is 0 Å². The molecule has 1 aromatic carbocycles. The number of rotatable bonds is 3. The lowest BCUT2D eigenvalue weighted by atomic mass is 9.87. The maximum atomic E-state index is 6.20. The molecular formula is C14H19N. The van der Waals surface area contributed by atoms with Crippen LogP contribution in [0.5, 0.6) is 0 Å². The van der Waals surface area contributed by atoms with E-state index < -0.39 is 0 Å². The number of hydrogen-bond acceptors (Lipinski definition) is 1. The normalized spacial score (nSPS) is 22.6.